The number of rotatable bonds is 9. The van der Waals surface area contributed by atoms with Crippen LogP contribution in [-0.4, -0.2) is 17.5 Å². The summed E-state index contributed by atoms with van der Waals surface area (Å²) in [4.78, 5) is 2.16. The van der Waals surface area contributed by atoms with Gasteiger partial charge in [-0.3, -0.25) is 4.90 Å². The molecule has 3 nitrogen and oxygen atoms in total. The van der Waals surface area contributed by atoms with Gasteiger partial charge in [-0.1, -0.05) is 36.3 Å². The largest absolute Gasteiger partial charge is 0.468 e. The predicted molar refractivity (Wildman–Crippen MR) is 127 cm³/mol. The van der Waals surface area contributed by atoms with Gasteiger partial charge in [0.1, 0.15) is 5.76 Å². The number of hydrogen-bond acceptors (Lipinski definition) is 3. The average Bonchev–Trinajstić information content (AvgIpc) is 3.34. The highest BCUT2D eigenvalue weighted by atomic mass is 35.5. The highest BCUT2D eigenvalue weighted by Gasteiger charge is 2.38. The van der Waals surface area contributed by atoms with Gasteiger partial charge in [0.15, 0.2) is 11.6 Å². The van der Waals surface area contributed by atoms with E-state index in [9.17, 15) is 8.78 Å². The Kier molecular flexibility index (Phi) is 9.74. The summed E-state index contributed by atoms with van der Waals surface area (Å²) in [6.07, 6.45) is 8.12. The number of nitrogens with zero attached hydrogens (tertiary/aromatic N) is 1. The lowest BCUT2D eigenvalue weighted by atomic mass is 10.1. The van der Waals surface area contributed by atoms with Crippen LogP contribution >= 0.6 is 24.8 Å². The molecule has 1 fully saturated rings. The van der Waals surface area contributed by atoms with Crippen LogP contribution < -0.4 is 5.32 Å². The zero-order valence-electron chi connectivity index (χ0n) is 17.5. The van der Waals surface area contributed by atoms with Gasteiger partial charge in [-0.2, -0.15) is 0 Å². The van der Waals surface area contributed by atoms with Crippen molar-refractivity contribution in [3.8, 4) is 12.3 Å². The molecule has 0 amide bonds. The fourth-order valence-electron chi connectivity index (χ4n) is 3.72. The van der Waals surface area contributed by atoms with Crippen LogP contribution in [-0.2, 0) is 19.6 Å². The lowest BCUT2D eigenvalue weighted by molar-refractivity contribution is 0.264. The second-order valence-electron chi connectivity index (χ2n) is 7.75. The molecule has 1 aliphatic carbocycles. The maximum Gasteiger partial charge on any atom is 0.159 e. The molecule has 1 heterocycles. The highest BCUT2D eigenvalue weighted by Crippen LogP contribution is 2.41. The first-order valence-electron chi connectivity index (χ1n) is 10.1. The normalized spacial score (nSPS) is 16.7. The van der Waals surface area contributed by atoms with Crippen LogP contribution in [0.5, 0.6) is 0 Å². The summed E-state index contributed by atoms with van der Waals surface area (Å²) in [7, 11) is 0. The molecule has 0 spiro atoms. The second-order valence-corrected chi connectivity index (χ2v) is 7.75. The van der Waals surface area contributed by atoms with E-state index in [4.69, 9.17) is 10.8 Å². The van der Waals surface area contributed by atoms with E-state index in [1.807, 2.05) is 12.1 Å². The molecule has 0 bridgehead atoms. The SMILES string of the molecule is C#CCN(Cc1ccc(CN[C@@H]2C[C@H]2c2ccc(F)c(F)c2)cc1)Cc1ccco1.Cl.Cl. The third-order valence-electron chi connectivity index (χ3n) is 5.43. The molecule has 3 aromatic rings. The van der Waals surface area contributed by atoms with Crippen LogP contribution in [0.3, 0.4) is 0 Å². The first-order valence-corrected chi connectivity index (χ1v) is 10.1. The van der Waals surface area contributed by atoms with Crippen molar-refractivity contribution in [2.24, 2.45) is 0 Å². The van der Waals surface area contributed by atoms with E-state index in [1.165, 1.54) is 23.3 Å². The molecule has 4 rings (SSSR count). The van der Waals surface area contributed by atoms with Crippen molar-refractivity contribution >= 4 is 24.8 Å². The van der Waals surface area contributed by atoms with E-state index in [2.05, 4.69) is 40.4 Å². The summed E-state index contributed by atoms with van der Waals surface area (Å²) in [5.74, 6) is 2.27. The predicted octanol–water partition coefficient (Wildman–Crippen LogP) is 5.68. The van der Waals surface area contributed by atoms with Gasteiger partial charge in [0.2, 0.25) is 0 Å². The Balaban J connectivity index is 0.00000181. The van der Waals surface area contributed by atoms with E-state index in [0.717, 1.165) is 30.8 Å². The van der Waals surface area contributed by atoms with Gasteiger partial charge in [0, 0.05) is 25.0 Å². The molecular weight excluding hydrogens is 453 g/mol. The Bertz CT molecular complexity index is 1020. The lowest BCUT2D eigenvalue weighted by Gasteiger charge is -2.18. The van der Waals surface area contributed by atoms with Crippen LogP contribution in [0.15, 0.2) is 65.3 Å². The minimum absolute atomic E-state index is 0. The van der Waals surface area contributed by atoms with Crippen molar-refractivity contribution in [1.82, 2.24) is 10.2 Å². The topological polar surface area (TPSA) is 28.4 Å². The molecule has 2 aromatic carbocycles. The van der Waals surface area contributed by atoms with Crippen LogP contribution in [0.4, 0.5) is 8.78 Å². The molecule has 1 aliphatic rings. The van der Waals surface area contributed by atoms with Gasteiger partial charge in [0.05, 0.1) is 19.4 Å². The van der Waals surface area contributed by atoms with Gasteiger partial charge < -0.3 is 9.73 Å². The number of hydrogen-bond donors (Lipinski definition) is 1. The fraction of sp³-hybridized carbons (Fsp3) is 0.280. The maximum atomic E-state index is 13.4. The minimum Gasteiger partial charge on any atom is -0.468 e. The summed E-state index contributed by atoms with van der Waals surface area (Å²) in [6, 6.07) is 16.8. The number of halogens is 4. The Morgan fingerprint density at radius 1 is 1.00 bits per heavy atom. The molecule has 0 aliphatic heterocycles. The zero-order valence-corrected chi connectivity index (χ0v) is 19.1. The molecule has 0 radical (unpaired) electrons. The lowest BCUT2D eigenvalue weighted by Crippen LogP contribution is -2.23. The van der Waals surface area contributed by atoms with Crippen molar-refractivity contribution in [1.29, 1.82) is 0 Å². The maximum absolute atomic E-state index is 13.4. The van der Waals surface area contributed by atoms with Gasteiger partial charge in [-0.25, -0.2) is 8.78 Å². The Morgan fingerprint density at radius 2 is 1.75 bits per heavy atom. The molecular formula is C25H26Cl2F2N2O. The van der Waals surface area contributed by atoms with Gasteiger partial charge in [-0.15, -0.1) is 31.2 Å². The number of nitrogens with one attached hydrogen (secondary N) is 1. The minimum atomic E-state index is -0.797. The van der Waals surface area contributed by atoms with Crippen LogP contribution in [0.1, 0.15) is 34.8 Å². The van der Waals surface area contributed by atoms with E-state index in [1.54, 1.807) is 12.3 Å². The number of terminal acetylenes is 1. The molecule has 7 heteroatoms. The molecule has 1 N–H and O–H groups in total. The van der Waals surface area contributed by atoms with Crippen LogP contribution in [0, 0.1) is 24.0 Å². The standard InChI is InChI=1S/C25H24F2N2O.2ClH/c1-2-11-29(17-21-4-3-12-30-21)16-19-7-5-18(6-8-19)15-28-25-14-22(25)20-9-10-23(26)24(27)13-20;;/h1,3-10,12-13,22,25,28H,11,14-17H2;2*1H/t22-,25+;;/m0../s1. The number of benzene rings is 2. The van der Waals surface area contributed by atoms with Gasteiger partial charge in [-0.05, 0) is 47.4 Å². The van der Waals surface area contributed by atoms with Crippen molar-refractivity contribution in [2.45, 2.75) is 38.0 Å². The average molecular weight is 479 g/mol. The quantitative estimate of drug-likeness (QED) is 0.400. The van der Waals surface area contributed by atoms with Crippen molar-refractivity contribution < 1.29 is 13.2 Å². The zero-order chi connectivity index (χ0) is 20.9. The number of furan rings is 1. The first-order chi connectivity index (χ1) is 14.6. The van der Waals surface area contributed by atoms with Gasteiger partial charge in [0.25, 0.3) is 0 Å². The van der Waals surface area contributed by atoms with E-state index < -0.39 is 11.6 Å². The van der Waals surface area contributed by atoms with Gasteiger partial charge >= 0.3 is 0 Å². The van der Waals surface area contributed by atoms with Crippen molar-refractivity contribution in [2.75, 3.05) is 6.54 Å². The smallest absolute Gasteiger partial charge is 0.159 e. The molecule has 0 unspecified atom stereocenters. The van der Waals surface area contributed by atoms with E-state index in [-0.39, 0.29) is 30.7 Å². The Hall–Kier alpha value is -2.36. The third kappa shape index (κ3) is 6.82. The Morgan fingerprint density at radius 3 is 2.41 bits per heavy atom. The summed E-state index contributed by atoms with van der Waals surface area (Å²) in [5.41, 5.74) is 3.22. The third-order valence-corrected chi connectivity index (χ3v) is 5.43. The molecule has 170 valence electrons. The summed E-state index contributed by atoms with van der Waals surface area (Å²) in [5, 5.41) is 3.50. The fourth-order valence-corrected chi connectivity index (χ4v) is 3.72. The van der Waals surface area contributed by atoms with Crippen molar-refractivity contribution in [3.63, 3.8) is 0 Å². The second kappa shape index (κ2) is 12.0. The van der Waals surface area contributed by atoms with E-state index in [0.29, 0.717) is 19.1 Å². The first kappa shape index (κ1) is 25.9. The molecule has 2 atom stereocenters. The monoisotopic (exact) mass is 478 g/mol. The molecule has 1 saturated carbocycles. The molecule has 0 saturated heterocycles. The van der Waals surface area contributed by atoms with Crippen LogP contribution in [0.2, 0.25) is 0 Å². The molecule has 1 aromatic heterocycles. The summed E-state index contributed by atoms with van der Waals surface area (Å²) in [6.45, 7) is 2.72. The van der Waals surface area contributed by atoms with E-state index >= 15 is 0 Å². The highest BCUT2D eigenvalue weighted by molar-refractivity contribution is 5.85. The Labute approximate surface area is 200 Å². The van der Waals surface area contributed by atoms with Crippen molar-refractivity contribution in [3.05, 3.63) is 94.9 Å². The molecule has 32 heavy (non-hydrogen) atoms. The summed E-state index contributed by atoms with van der Waals surface area (Å²) < 4.78 is 31.9. The summed E-state index contributed by atoms with van der Waals surface area (Å²) >= 11 is 0. The van der Waals surface area contributed by atoms with Crippen LogP contribution in [0.25, 0.3) is 0 Å².